The summed E-state index contributed by atoms with van der Waals surface area (Å²) in [5.41, 5.74) is 2.73. The monoisotopic (exact) mass is 202 g/mol. The highest BCUT2D eigenvalue weighted by atomic mass is 13.9. The zero-order chi connectivity index (χ0) is 11.2. The second-order valence-corrected chi connectivity index (χ2v) is 3.31. The van der Waals surface area contributed by atoms with Crippen LogP contribution in [0.2, 0.25) is 0 Å². The van der Waals surface area contributed by atoms with Crippen molar-refractivity contribution in [3.63, 3.8) is 0 Å². The molecule has 0 unspecified atom stereocenters. The van der Waals surface area contributed by atoms with E-state index in [2.05, 4.69) is 17.8 Å². The van der Waals surface area contributed by atoms with Gasteiger partial charge in [0, 0.05) is 16.7 Å². The van der Waals surface area contributed by atoms with E-state index < -0.39 is 0 Å². The van der Waals surface area contributed by atoms with Crippen LogP contribution in [0.15, 0.2) is 54.6 Å². The molecule has 0 saturated heterocycles. The summed E-state index contributed by atoms with van der Waals surface area (Å²) in [5.74, 6) is 8.81. The molecular formula is C16H10. The fourth-order valence-electron chi connectivity index (χ4n) is 1.38. The highest BCUT2D eigenvalue weighted by molar-refractivity contribution is 5.51. The second kappa shape index (κ2) is 4.87. The Morgan fingerprint density at radius 3 is 2.00 bits per heavy atom. The van der Waals surface area contributed by atoms with Gasteiger partial charge in [0.2, 0.25) is 0 Å². The molecule has 0 aliphatic rings. The van der Waals surface area contributed by atoms with Crippen LogP contribution in [0.5, 0.6) is 0 Å². The largest absolute Gasteiger partial charge is 0.115 e. The predicted octanol–water partition coefficient (Wildman–Crippen LogP) is 3.07. The Bertz CT molecular complexity index is 575. The fourth-order valence-corrected chi connectivity index (χ4v) is 1.38. The van der Waals surface area contributed by atoms with Gasteiger partial charge in [-0.3, -0.25) is 0 Å². The summed E-state index contributed by atoms with van der Waals surface area (Å²) in [4.78, 5) is 0. The predicted molar refractivity (Wildman–Crippen MR) is 66.8 cm³/mol. The van der Waals surface area contributed by atoms with Crippen molar-refractivity contribution in [1.82, 2.24) is 0 Å². The number of hydrogen-bond acceptors (Lipinski definition) is 0. The third kappa shape index (κ3) is 2.32. The van der Waals surface area contributed by atoms with Crippen LogP contribution in [0.1, 0.15) is 16.7 Å². The number of hydrogen-bond donors (Lipinski definition) is 0. The van der Waals surface area contributed by atoms with Crippen molar-refractivity contribution in [2.75, 3.05) is 0 Å². The molecule has 0 heteroatoms. The molecule has 0 aromatic heterocycles. The quantitative estimate of drug-likeness (QED) is 0.576. The maximum atomic E-state index is 5.40. The zero-order valence-corrected chi connectivity index (χ0v) is 8.77. The standard InChI is InChI=1S/C16H10/c1-2-15-10-6-7-11-16(15)13-12-14-8-4-3-5-9-14/h1,3-11H. The normalized spacial score (nSPS) is 8.69. The summed E-state index contributed by atoms with van der Waals surface area (Å²) < 4.78 is 0. The summed E-state index contributed by atoms with van der Waals surface area (Å²) in [5, 5.41) is 0. The molecule has 0 nitrogen and oxygen atoms in total. The lowest BCUT2D eigenvalue weighted by Gasteiger charge is -1.94. The van der Waals surface area contributed by atoms with Crippen molar-refractivity contribution in [2.45, 2.75) is 0 Å². The van der Waals surface area contributed by atoms with Crippen LogP contribution < -0.4 is 0 Å². The maximum Gasteiger partial charge on any atom is 0.0405 e. The van der Waals surface area contributed by atoms with Gasteiger partial charge in [-0.2, -0.15) is 0 Å². The third-order valence-electron chi connectivity index (χ3n) is 2.20. The zero-order valence-electron chi connectivity index (χ0n) is 8.77. The van der Waals surface area contributed by atoms with E-state index in [1.54, 1.807) is 0 Å². The lowest BCUT2D eigenvalue weighted by molar-refractivity contribution is 1.58. The summed E-state index contributed by atoms with van der Waals surface area (Å²) in [6.07, 6.45) is 5.40. The van der Waals surface area contributed by atoms with Crippen LogP contribution >= 0.6 is 0 Å². The highest BCUT2D eigenvalue weighted by Gasteiger charge is 1.93. The molecule has 0 saturated carbocycles. The van der Waals surface area contributed by atoms with Gasteiger partial charge in [-0.1, -0.05) is 48.1 Å². The maximum absolute atomic E-state index is 5.40. The van der Waals surface area contributed by atoms with Crippen molar-refractivity contribution < 1.29 is 0 Å². The third-order valence-corrected chi connectivity index (χ3v) is 2.20. The molecule has 0 heterocycles. The molecule has 0 bridgehead atoms. The Hall–Kier alpha value is -2.44. The molecule has 0 atom stereocenters. The van der Waals surface area contributed by atoms with E-state index in [4.69, 9.17) is 6.42 Å². The molecule has 2 rings (SSSR count). The van der Waals surface area contributed by atoms with E-state index in [9.17, 15) is 0 Å². The Labute approximate surface area is 95.9 Å². The Morgan fingerprint density at radius 1 is 0.688 bits per heavy atom. The summed E-state index contributed by atoms with van der Waals surface area (Å²) in [7, 11) is 0. The van der Waals surface area contributed by atoms with Gasteiger partial charge in [0.1, 0.15) is 0 Å². The van der Waals surface area contributed by atoms with Crippen molar-refractivity contribution in [3.05, 3.63) is 71.3 Å². The van der Waals surface area contributed by atoms with E-state index in [1.807, 2.05) is 54.6 Å². The van der Waals surface area contributed by atoms with E-state index in [1.165, 1.54) is 0 Å². The first kappa shape index (κ1) is 10.1. The average molecular weight is 202 g/mol. The smallest absolute Gasteiger partial charge is 0.0405 e. The minimum atomic E-state index is 0.839. The van der Waals surface area contributed by atoms with E-state index in [0.717, 1.165) is 16.7 Å². The fraction of sp³-hybridized carbons (Fsp3) is 0. The molecule has 2 aromatic rings. The summed E-state index contributed by atoms with van der Waals surface area (Å²) in [6.45, 7) is 0. The molecule has 0 spiro atoms. The topological polar surface area (TPSA) is 0 Å². The average Bonchev–Trinajstić information content (AvgIpc) is 2.38. The lowest BCUT2D eigenvalue weighted by atomic mass is 10.1. The second-order valence-electron chi connectivity index (χ2n) is 3.31. The van der Waals surface area contributed by atoms with Gasteiger partial charge in [-0.15, -0.1) is 6.42 Å². The van der Waals surface area contributed by atoms with E-state index >= 15 is 0 Å². The van der Waals surface area contributed by atoms with Gasteiger partial charge in [0.05, 0.1) is 0 Å². The van der Waals surface area contributed by atoms with Crippen molar-refractivity contribution in [1.29, 1.82) is 0 Å². The molecule has 0 fully saturated rings. The number of terminal acetylenes is 1. The lowest BCUT2D eigenvalue weighted by Crippen LogP contribution is -1.81. The molecule has 2 aromatic carbocycles. The number of benzene rings is 2. The molecule has 74 valence electrons. The number of rotatable bonds is 0. The molecular weight excluding hydrogens is 192 g/mol. The summed E-state index contributed by atoms with van der Waals surface area (Å²) in [6, 6.07) is 17.6. The van der Waals surface area contributed by atoms with E-state index in [0.29, 0.717) is 0 Å². The molecule has 0 amide bonds. The van der Waals surface area contributed by atoms with Gasteiger partial charge in [-0.25, -0.2) is 0 Å². The molecule has 16 heavy (non-hydrogen) atoms. The Kier molecular flexibility index (Phi) is 3.07. The highest BCUT2D eigenvalue weighted by Crippen LogP contribution is 2.05. The van der Waals surface area contributed by atoms with Crippen LogP contribution in [0.4, 0.5) is 0 Å². The van der Waals surface area contributed by atoms with Gasteiger partial charge in [0.15, 0.2) is 0 Å². The first-order valence-corrected chi connectivity index (χ1v) is 5.03. The van der Waals surface area contributed by atoms with Crippen LogP contribution in [-0.2, 0) is 0 Å². The first-order chi connectivity index (χ1) is 7.90. The Morgan fingerprint density at radius 2 is 1.31 bits per heavy atom. The van der Waals surface area contributed by atoms with Crippen molar-refractivity contribution >= 4 is 0 Å². The molecule has 0 aliphatic carbocycles. The minimum Gasteiger partial charge on any atom is -0.115 e. The van der Waals surface area contributed by atoms with Crippen LogP contribution in [0.3, 0.4) is 0 Å². The molecule has 0 aliphatic heterocycles. The van der Waals surface area contributed by atoms with Gasteiger partial charge in [-0.05, 0) is 24.3 Å². The van der Waals surface area contributed by atoms with Crippen LogP contribution in [-0.4, -0.2) is 0 Å². The van der Waals surface area contributed by atoms with Gasteiger partial charge >= 0.3 is 0 Å². The van der Waals surface area contributed by atoms with Gasteiger partial charge < -0.3 is 0 Å². The molecule has 0 N–H and O–H groups in total. The summed E-state index contributed by atoms with van der Waals surface area (Å²) >= 11 is 0. The minimum absolute atomic E-state index is 0.839. The first-order valence-electron chi connectivity index (χ1n) is 5.03. The Balaban J connectivity index is 2.36. The van der Waals surface area contributed by atoms with E-state index in [-0.39, 0.29) is 0 Å². The van der Waals surface area contributed by atoms with Crippen LogP contribution in [0.25, 0.3) is 0 Å². The van der Waals surface area contributed by atoms with Crippen LogP contribution in [0, 0.1) is 24.2 Å². The van der Waals surface area contributed by atoms with Crippen molar-refractivity contribution in [2.24, 2.45) is 0 Å². The SMILES string of the molecule is C#Cc1ccccc1C#Cc1ccccc1. The van der Waals surface area contributed by atoms with Crippen molar-refractivity contribution in [3.8, 4) is 24.2 Å². The van der Waals surface area contributed by atoms with Gasteiger partial charge in [0.25, 0.3) is 0 Å². The molecule has 0 radical (unpaired) electrons.